The van der Waals surface area contributed by atoms with Crippen molar-refractivity contribution in [1.82, 2.24) is 10.2 Å². The highest BCUT2D eigenvalue weighted by atomic mass is 35.5. The molecular formula is C16H12Cl2N2OS. The Bertz CT molecular complexity index is 784. The molecule has 3 aromatic rings. The van der Waals surface area contributed by atoms with Crippen molar-refractivity contribution >= 4 is 35.0 Å². The van der Waals surface area contributed by atoms with Crippen molar-refractivity contribution in [3.8, 4) is 11.5 Å². The Hall–Kier alpha value is -1.49. The maximum absolute atomic E-state index is 6.15. The van der Waals surface area contributed by atoms with Gasteiger partial charge in [-0.25, -0.2) is 0 Å². The number of thioether (sulfide) groups is 1. The molecule has 0 radical (unpaired) electrons. The summed E-state index contributed by atoms with van der Waals surface area (Å²) in [6.45, 7) is 2.01. The number of aryl methyl sites for hydroxylation is 1. The Morgan fingerprint density at radius 1 is 1.00 bits per heavy atom. The van der Waals surface area contributed by atoms with E-state index in [9.17, 15) is 0 Å². The van der Waals surface area contributed by atoms with E-state index in [4.69, 9.17) is 27.6 Å². The maximum Gasteiger partial charge on any atom is 0.277 e. The van der Waals surface area contributed by atoms with E-state index < -0.39 is 0 Å². The van der Waals surface area contributed by atoms with Gasteiger partial charge in [0.05, 0.1) is 0 Å². The van der Waals surface area contributed by atoms with Crippen molar-refractivity contribution in [3.05, 3.63) is 63.6 Å². The lowest BCUT2D eigenvalue weighted by Gasteiger charge is -2.04. The molecule has 0 saturated heterocycles. The Balaban J connectivity index is 1.77. The molecule has 3 rings (SSSR count). The number of hydrogen-bond acceptors (Lipinski definition) is 4. The van der Waals surface area contributed by atoms with Gasteiger partial charge in [-0.15, -0.1) is 10.2 Å². The predicted molar refractivity (Wildman–Crippen MR) is 90.5 cm³/mol. The molecular weight excluding hydrogens is 339 g/mol. The molecule has 0 bridgehead atoms. The molecule has 0 amide bonds. The van der Waals surface area contributed by atoms with Gasteiger partial charge in [0.25, 0.3) is 5.22 Å². The molecule has 0 aliphatic heterocycles. The molecule has 0 unspecified atom stereocenters. The van der Waals surface area contributed by atoms with Gasteiger partial charge in [0, 0.05) is 21.4 Å². The fourth-order valence-corrected chi connectivity index (χ4v) is 3.50. The second kappa shape index (κ2) is 6.73. The zero-order chi connectivity index (χ0) is 15.5. The van der Waals surface area contributed by atoms with Crippen LogP contribution in [-0.4, -0.2) is 10.2 Å². The first-order chi connectivity index (χ1) is 10.6. The number of halogens is 2. The number of aromatic nitrogens is 2. The highest BCUT2D eigenvalue weighted by Crippen LogP contribution is 2.32. The lowest BCUT2D eigenvalue weighted by molar-refractivity contribution is 0.465. The van der Waals surface area contributed by atoms with Crippen LogP contribution in [0.25, 0.3) is 11.5 Å². The number of benzene rings is 2. The summed E-state index contributed by atoms with van der Waals surface area (Å²) in [5.41, 5.74) is 2.90. The molecule has 1 aromatic heterocycles. The molecule has 0 aliphatic carbocycles. The van der Waals surface area contributed by atoms with Crippen LogP contribution in [0.4, 0.5) is 0 Å². The minimum Gasteiger partial charge on any atom is -0.411 e. The van der Waals surface area contributed by atoms with Gasteiger partial charge in [0.1, 0.15) is 0 Å². The zero-order valence-electron chi connectivity index (χ0n) is 11.7. The van der Waals surface area contributed by atoms with Crippen LogP contribution in [0.1, 0.15) is 11.1 Å². The number of rotatable bonds is 4. The van der Waals surface area contributed by atoms with E-state index in [0.717, 1.165) is 16.7 Å². The van der Waals surface area contributed by atoms with Crippen LogP contribution in [0.2, 0.25) is 10.0 Å². The topological polar surface area (TPSA) is 38.9 Å². The summed E-state index contributed by atoms with van der Waals surface area (Å²) in [6, 6.07) is 13.3. The largest absolute Gasteiger partial charge is 0.411 e. The fourth-order valence-electron chi connectivity index (χ4n) is 1.99. The van der Waals surface area contributed by atoms with Crippen molar-refractivity contribution in [2.45, 2.75) is 17.9 Å². The summed E-state index contributed by atoms with van der Waals surface area (Å²) < 4.78 is 5.71. The van der Waals surface area contributed by atoms with Crippen molar-refractivity contribution < 1.29 is 4.42 Å². The molecule has 112 valence electrons. The SMILES string of the molecule is Cc1ccccc1-c1nnc(SCc2c(Cl)cccc2Cl)o1. The molecule has 0 aliphatic rings. The number of hydrogen-bond donors (Lipinski definition) is 0. The van der Waals surface area contributed by atoms with Crippen molar-refractivity contribution in [2.24, 2.45) is 0 Å². The van der Waals surface area contributed by atoms with Gasteiger partial charge < -0.3 is 4.42 Å². The van der Waals surface area contributed by atoms with E-state index in [-0.39, 0.29) is 0 Å². The van der Waals surface area contributed by atoms with Crippen LogP contribution in [0.15, 0.2) is 52.1 Å². The standard InChI is InChI=1S/C16H12Cl2N2OS/c1-10-5-2-3-6-11(10)15-19-20-16(21-15)22-9-12-13(17)7-4-8-14(12)18/h2-8H,9H2,1H3. The third kappa shape index (κ3) is 3.29. The van der Waals surface area contributed by atoms with E-state index >= 15 is 0 Å². The van der Waals surface area contributed by atoms with Crippen LogP contribution >= 0.6 is 35.0 Å². The van der Waals surface area contributed by atoms with Gasteiger partial charge >= 0.3 is 0 Å². The second-order valence-electron chi connectivity index (χ2n) is 4.68. The van der Waals surface area contributed by atoms with Crippen molar-refractivity contribution in [2.75, 3.05) is 0 Å². The summed E-state index contributed by atoms with van der Waals surface area (Å²) in [7, 11) is 0. The van der Waals surface area contributed by atoms with Crippen molar-refractivity contribution in [1.29, 1.82) is 0 Å². The minimum absolute atomic E-state index is 0.495. The van der Waals surface area contributed by atoms with Gasteiger partial charge in [-0.3, -0.25) is 0 Å². The molecule has 3 nitrogen and oxygen atoms in total. The fraction of sp³-hybridized carbons (Fsp3) is 0.125. The Morgan fingerprint density at radius 3 is 2.45 bits per heavy atom. The third-order valence-electron chi connectivity index (χ3n) is 3.18. The van der Waals surface area contributed by atoms with Gasteiger partial charge in [-0.2, -0.15) is 0 Å². The highest BCUT2D eigenvalue weighted by Gasteiger charge is 2.12. The van der Waals surface area contributed by atoms with Gasteiger partial charge in [-0.05, 0) is 36.2 Å². The molecule has 2 aromatic carbocycles. The molecule has 1 heterocycles. The quantitative estimate of drug-likeness (QED) is 0.570. The molecule has 22 heavy (non-hydrogen) atoms. The smallest absolute Gasteiger partial charge is 0.277 e. The van der Waals surface area contributed by atoms with Crippen LogP contribution in [0.3, 0.4) is 0 Å². The average molecular weight is 351 g/mol. The Morgan fingerprint density at radius 2 is 1.73 bits per heavy atom. The predicted octanol–water partition coefficient (Wildman–Crippen LogP) is 5.64. The first kappa shape index (κ1) is 15.4. The normalized spacial score (nSPS) is 10.9. The highest BCUT2D eigenvalue weighted by molar-refractivity contribution is 7.98. The molecule has 0 N–H and O–H groups in total. The number of nitrogens with zero attached hydrogens (tertiary/aromatic N) is 2. The molecule has 0 spiro atoms. The Kier molecular flexibility index (Phi) is 4.71. The first-order valence-electron chi connectivity index (χ1n) is 6.60. The van der Waals surface area contributed by atoms with Crippen LogP contribution in [-0.2, 0) is 5.75 Å². The van der Waals surface area contributed by atoms with E-state index in [1.807, 2.05) is 49.4 Å². The zero-order valence-corrected chi connectivity index (χ0v) is 14.0. The van der Waals surface area contributed by atoms with Crippen LogP contribution in [0.5, 0.6) is 0 Å². The second-order valence-corrected chi connectivity index (χ2v) is 6.42. The molecule has 0 fully saturated rings. The summed E-state index contributed by atoms with van der Waals surface area (Å²) in [5.74, 6) is 1.10. The molecule has 0 saturated carbocycles. The average Bonchev–Trinajstić information content (AvgIpc) is 2.96. The molecule has 0 atom stereocenters. The van der Waals surface area contributed by atoms with E-state index in [1.54, 1.807) is 0 Å². The van der Waals surface area contributed by atoms with Gasteiger partial charge in [0.2, 0.25) is 5.89 Å². The summed E-state index contributed by atoms with van der Waals surface area (Å²) >= 11 is 13.7. The van der Waals surface area contributed by atoms with E-state index in [2.05, 4.69) is 10.2 Å². The minimum atomic E-state index is 0.495. The summed E-state index contributed by atoms with van der Waals surface area (Å²) in [5, 5.41) is 9.94. The lowest BCUT2D eigenvalue weighted by Crippen LogP contribution is -1.84. The van der Waals surface area contributed by atoms with E-state index in [0.29, 0.717) is 26.9 Å². The van der Waals surface area contributed by atoms with Crippen molar-refractivity contribution in [3.63, 3.8) is 0 Å². The third-order valence-corrected chi connectivity index (χ3v) is 4.74. The van der Waals surface area contributed by atoms with Gasteiger partial charge in [0.15, 0.2) is 0 Å². The Labute approximate surface area is 142 Å². The summed E-state index contributed by atoms with van der Waals surface area (Å²) in [4.78, 5) is 0. The van der Waals surface area contributed by atoms with Crippen LogP contribution < -0.4 is 0 Å². The monoisotopic (exact) mass is 350 g/mol. The first-order valence-corrected chi connectivity index (χ1v) is 8.34. The maximum atomic E-state index is 6.15. The summed E-state index contributed by atoms with van der Waals surface area (Å²) in [6.07, 6.45) is 0. The lowest BCUT2D eigenvalue weighted by atomic mass is 10.1. The molecule has 6 heteroatoms. The van der Waals surface area contributed by atoms with Crippen LogP contribution in [0, 0.1) is 6.92 Å². The van der Waals surface area contributed by atoms with Gasteiger partial charge in [-0.1, -0.05) is 59.2 Å². The van der Waals surface area contributed by atoms with E-state index in [1.165, 1.54) is 11.8 Å².